The number of carbonyl (C=O) groups is 1. The van der Waals surface area contributed by atoms with Crippen LogP contribution in [0.15, 0.2) is 53.6 Å². The number of nitrogens with zero attached hydrogens (tertiary/aromatic N) is 4. The van der Waals surface area contributed by atoms with Crippen LogP contribution in [-0.4, -0.2) is 52.9 Å². The fourth-order valence-corrected chi connectivity index (χ4v) is 4.20. The minimum absolute atomic E-state index is 0.123. The maximum atomic E-state index is 12.6. The van der Waals surface area contributed by atoms with Crippen LogP contribution in [-0.2, 0) is 14.8 Å². The van der Waals surface area contributed by atoms with E-state index in [1.807, 2.05) is 6.07 Å². The maximum absolute atomic E-state index is 12.6. The van der Waals surface area contributed by atoms with E-state index in [-0.39, 0.29) is 17.5 Å². The lowest BCUT2D eigenvalue weighted by Crippen LogP contribution is -2.30. The largest absolute Gasteiger partial charge is 0.453 e. The van der Waals surface area contributed by atoms with E-state index >= 15 is 0 Å². The van der Waals surface area contributed by atoms with Gasteiger partial charge < -0.3 is 10.1 Å². The number of carbonyl (C=O) groups excluding carboxylic acids is 1. The molecular formula is C18H21N5O4S. The van der Waals surface area contributed by atoms with Crippen molar-refractivity contribution in [2.24, 2.45) is 0 Å². The number of benzene rings is 1. The molecule has 10 heteroatoms. The number of rotatable bonds is 8. The zero-order valence-corrected chi connectivity index (χ0v) is 16.4. The van der Waals surface area contributed by atoms with E-state index in [1.54, 1.807) is 48.7 Å². The SMILES string of the molecule is CCN(CC)S(=O)(=O)c1cccc(NC(=O)COc2nnc3ccccn23)c1. The van der Waals surface area contributed by atoms with Gasteiger partial charge in [0.25, 0.3) is 5.91 Å². The van der Waals surface area contributed by atoms with E-state index < -0.39 is 15.9 Å². The molecule has 0 unspecified atom stereocenters. The van der Waals surface area contributed by atoms with Crippen LogP contribution < -0.4 is 10.1 Å². The zero-order valence-electron chi connectivity index (χ0n) is 15.6. The number of hydrogen-bond donors (Lipinski definition) is 1. The Morgan fingerprint density at radius 3 is 2.68 bits per heavy atom. The molecule has 1 amide bonds. The first-order chi connectivity index (χ1) is 13.5. The molecule has 3 aromatic rings. The Balaban J connectivity index is 1.67. The second-order valence-electron chi connectivity index (χ2n) is 5.87. The average molecular weight is 403 g/mol. The second kappa shape index (κ2) is 8.36. The highest BCUT2D eigenvalue weighted by atomic mass is 32.2. The molecule has 0 saturated heterocycles. The highest BCUT2D eigenvalue weighted by Crippen LogP contribution is 2.19. The molecule has 2 aromatic heterocycles. The number of nitrogens with one attached hydrogen (secondary N) is 1. The molecule has 1 aromatic carbocycles. The van der Waals surface area contributed by atoms with E-state index in [4.69, 9.17) is 4.74 Å². The van der Waals surface area contributed by atoms with Crippen LogP contribution in [0, 0.1) is 0 Å². The van der Waals surface area contributed by atoms with Gasteiger partial charge >= 0.3 is 6.01 Å². The minimum Gasteiger partial charge on any atom is -0.453 e. The van der Waals surface area contributed by atoms with Crippen LogP contribution in [0.4, 0.5) is 5.69 Å². The van der Waals surface area contributed by atoms with Crippen LogP contribution >= 0.6 is 0 Å². The van der Waals surface area contributed by atoms with E-state index in [0.29, 0.717) is 24.4 Å². The summed E-state index contributed by atoms with van der Waals surface area (Å²) < 4.78 is 33.6. The maximum Gasteiger partial charge on any atom is 0.322 e. The Bertz CT molecular complexity index is 1080. The van der Waals surface area contributed by atoms with E-state index in [2.05, 4.69) is 15.5 Å². The van der Waals surface area contributed by atoms with Gasteiger partial charge in [-0.2, -0.15) is 4.31 Å². The van der Waals surface area contributed by atoms with Gasteiger partial charge in [-0.05, 0) is 30.3 Å². The van der Waals surface area contributed by atoms with Crippen LogP contribution in [0.1, 0.15) is 13.8 Å². The molecule has 9 nitrogen and oxygen atoms in total. The molecule has 0 aliphatic heterocycles. The smallest absolute Gasteiger partial charge is 0.322 e. The molecular weight excluding hydrogens is 382 g/mol. The second-order valence-corrected chi connectivity index (χ2v) is 7.80. The van der Waals surface area contributed by atoms with Crippen molar-refractivity contribution >= 4 is 27.3 Å². The number of sulfonamides is 1. The Morgan fingerprint density at radius 2 is 1.93 bits per heavy atom. The Morgan fingerprint density at radius 1 is 1.14 bits per heavy atom. The van der Waals surface area contributed by atoms with Crippen molar-refractivity contribution in [3.05, 3.63) is 48.7 Å². The van der Waals surface area contributed by atoms with Crippen molar-refractivity contribution in [1.82, 2.24) is 18.9 Å². The normalized spacial score (nSPS) is 11.7. The van der Waals surface area contributed by atoms with Crippen molar-refractivity contribution in [2.45, 2.75) is 18.7 Å². The summed E-state index contributed by atoms with van der Waals surface area (Å²) in [6.45, 7) is 4.00. The van der Waals surface area contributed by atoms with Gasteiger partial charge in [0.1, 0.15) is 0 Å². The van der Waals surface area contributed by atoms with Crippen LogP contribution in [0.3, 0.4) is 0 Å². The van der Waals surface area contributed by atoms with Gasteiger partial charge in [0.05, 0.1) is 4.90 Å². The first kappa shape index (κ1) is 19.8. The molecule has 0 saturated carbocycles. The fourth-order valence-electron chi connectivity index (χ4n) is 2.69. The van der Waals surface area contributed by atoms with Crippen molar-refractivity contribution in [3.63, 3.8) is 0 Å². The van der Waals surface area contributed by atoms with E-state index in [0.717, 1.165) is 0 Å². The number of fused-ring (bicyclic) bond motifs is 1. The number of pyridine rings is 1. The zero-order chi connectivity index (χ0) is 20.1. The van der Waals surface area contributed by atoms with Crippen molar-refractivity contribution in [3.8, 4) is 6.01 Å². The molecule has 0 aliphatic rings. The lowest BCUT2D eigenvalue weighted by atomic mass is 10.3. The lowest BCUT2D eigenvalue weighted by Gasteiger charge is -2.18. The standard InChI is InChI=1S/C18H21N5O4S/c1-3-22(4-2)28(25,26)15-9-7-8-14(12-15)19-17(24)13-27-18-21-20-16-10-5-6-11-23(16)18/h5-12H,3-4,13H2,1-2H3,(H,19,24). The van der Waals surface area contributed by atoms with Gasteiger partial charge in [0, 0.05) is 25.0 Å². The summed E-state index contributed by atoms with van der Waals surface area (Å²) in [5, 5.41) is 10.5. The first-order valence-corrected chi connectivity index (χ1v) is 10.2. The highest BCUT2D eigenvalue weighted by Gasteiger charge is 2.22. The molecule has 0 radical (unpaired) electrons. The lowest BCUT2D eigenvalue weighted by molar-refractivity contribution is -0.118. The summed E-state index contributed by atoms with van der Waals surface area (Å²) in [4.78, 5) is 12.3. The third-order valence-electron chi connectivity index (χ3n) is 4.08. The van der Waals surface area contributed by atoms with Gasteiger partial charge in [-0.25, -0.2) is 8.42 Å². The third kappa shape index (κ3) is 4.12. The van der Waals surface area contributed by atoms with Gasteiger partial charge in [-0.15, -0.1) is 5.10 Å². The topological polar surface area (TPSA) is 106 Å². The van der Waals surface area contributed by atoms with Crippen molar-refractivity contribution in [1.29, 1.82) is 0 Å². The fraction of sp³-hybridized carbons (Fsp3) is 0.278. The van der Waals surface area contributed by atoms with Crippen LogP contribution in [0.2, 0.25) is 0 Å². The van der Waals surface area contributed by atoms with Crippen LogP contribution in [0.25, 0.3) is 5.65 Å². The highest BCUT2D eigenvalue weighted by molar-refractivity contribution is 7.89. The third-order valence-corrected chi connectivity index (χ3v) is 6.12. The van der Waals surface area contributed by atoms with Gasteiger partial charge in [-0.1, -0.05) is 31.1 Å². The number of ether oxygens (including phenoxy) is 1. The number of anilines is 1. The van der Waals surface area contributed by atoms with Gasteiger partial charge in [0.2, 0.25) is 10.0 Å². The molecule has 3 rings (SSSR count). The Labute approximate surface area is 163 Å². The summed E-state index contributed by atoms with van der Waals surface area (Å²) in [5.41, 5.74) is 0.972. The summed E-state index contributed by atoms with van der Waals surface area (Å²) in [5.74, 6) is -0.440. The summed E-state index contributed by atoms with van der Waals surface area (Å²) >= 11 is 0. The Kier molecular flexibility index (Phi) is 5.90. The van der Waals surface area contributed by atoms with E-state index in [9.17, 15) is 13.2 Å². The van der Waals surface area contributed by atoms with Gasteiger partial charge in [-0.3, -0.25) is 9.20 Å². The van der Waals surface area contributed by atoms with Crippen molar-refractivity contribution in [2.75, 3.05) is 25.0 Å². The first-order valence-electron chi connectivity index (χ1n) is 8.78. The molecule has 0 spiro atoms. The summed E-state index contributed by atoms with van der Waals surface area (Å²) in [6.07, 6.45) is 1.73. The predicted octanol–water partition coefficient (Wildman–Crippen LogP) is 1.78. The summed E-state index contributed by atoms with van der Waals surface area (Å²) in [7, 11) is -3.60. The molecule has 0 atom stereocenters. The van der Waals surface area contributed by atoms with E-state index in [1.165, 1.54) is 16.4 Å². The molecule has 0 fully saturated rings. The molecule has 28 heavy (non-hydrogen) atoms. The Hall–Kier alpha value is -2.98. The molecule has 0 aliphatic carbocycles. The predicted molar refractivity (Wildman–Crippen MR) is 104 cm³/mol. The minimum atomic E-state index is -3.60. The molecule has 0 bridgehead atoms. The summed E-state index contributed by atoms with van der Waals surface area (Å²) in [6, 6.07) is 11.7. The quantitative estimate of drug-likeness (QED) is 0.615. The number of hydrogen-bond acceptors (Lipinski definition) is 6. The molecule has 2 heterocycles. The molecule has 1 N–H and O–H groups in total. The molecule has 148 valence electrons. The monoisotopic (exact) mass is 403 g/mol. The van der Waals surface area contributed by atoms with Crippen molar-refractivity contribution < 1.29 is 17.9 Å². The van der Waals surface area contributed by atoms with Crippen LogP contribution in [0.5, 0.6) is 6.01 Å². The number of amides is 1. The van der Waals surface area contributed by atoms with Gasteiger partial charge in [0.15, 0.2) is 12.3 Å². The number of aromatic nitrogens is 3. The average Bonchev–Trinajstić information content (AvgIpc) is 3.10.